The first-order valence-electron chi connectivity index (χ1n) is 14.8. The summed E-state index contributed by atoms with van der Waals surface area (Å²) in [6.07, 6.45) is 5.38. The number of nitrogens with zero attached hydrogens (tertiary/aromatic N) is 4. The van der Waals surface area contributed by atoms with Crippen LogP contribution in [-0.2, 0) is 33.8 Å². The standard InChI is InChI=1S/C31H34N8O7/c1-15(40)11-33-22-14-38(4)27(36-22)29(44)35-18-8-19(37(3)13-18)28(43)32-7-6-23(42)39-12-17-10-31(17)21(39)9-20(41)26-25(31)24(16(2)34-26)30(45)46-5/h8-9,13-14,17,33-34H,6-7,10-12H2,1-5H3,(H,32,43)(H,35,44). The Hall–Kier alpha value is -5.47. The van der Waals surface area contributed by atoms with E-state index in [1.54, 1.807) is 42.9 Å². The van der Waals surface area contributed by atoms with E-state index in [1.807, 2.05) is 0 Å². The number of ether oxygens (including phenoxy) is 1. The van der Waals surface area contributed by atoms with Gasteiger partial charge < -0.3 is 39.7 Å². The van der Waals surface area contributed by atoms with E-state index >= 15 is 0 Å². The fraction of sp³-hybridized carbons (Fsp3) is 0.387. The fourth-order valence-corrected chi connectivity index (χ4v) is 6.64. The monoisotopic (exact) mass is 630 g/mol. The van der Waals surface area contributed by atoms with Gasteiger partial charge in [-0.15, -0.1) is 0 Å². The molecule has 3 aliphatic rings. The summed E-state index contributed by atoms with van der Waals surface area (Å²) in [5, 5.41) is 8.33. The van der Waals surface area contributed by atoms with Gasteiger partial charge in [0.25, 0.3) is 11.8 Å². The molecule has 0 aromatic carbocycles. The van der Waals surface area contributed by atoms with Gasteiger partial charge in [0.15, 0.2) is 0 Å². The lowest BCUT2D eigenvalue weighted by Crippen LogP contribution is -2.36. The molecule has 1 spiro atoms. The predicted molar refractivity (Wildman–Crippen MR) is 163 cm³/mol. The number of nitrogens with one attached hydrogen (secondary N) is 4. The summed E-state index contributed by atoms with van der Waals surface area (Å²) >= 11 is 0. The molecule has 1 aliphatic heterocycles. The first kappa shape index (κ1) is 30.6. The number of fused-ring (bicyclic) bond motifs is 1. The largest absolute Gasteiger partial charge is 0.465 e. The molecule has 2 aliphatic carbocycles. The van der Waals surface area contributed by atoms with Crippen molar-refractivity contribution in [2.24, 2.45) is 20.0 Å². The topological polar surface area (TPSA) is 190 Å². The van der Waals surface area contributed by atoms with Crippen molar-refractivity contribution in [1.29, 1.82) is 0 Å². The van der Waals surface area contributed by atoms with Crippen molar-refractivity contribution in [3.05, 3.63) is 64.3 Å². The Kier molecular flexibility index (Phi) is 7.41. The van der Waals surface area contributed by atoms with Crippen LogP contribution in [0.4, 0.5) is 11.5 Å². The van der Waals surface area contributed by atoms with Gasteiger partial charge in [0.1, 0.15) is 17.3 Å². The van der Waals surface area contributed by atoms with Gasteiger partial charge in [0.2, 0.25) is 17.5 Å². The normalized spacial score (nSPS) is 19.1. The number of imidazole rings is 1. The smallest absolute Gasteiger partial charge is 0.340 e. The number of piperidine rings is 1. The Morgan fingerprint density at radius 3 is 2.61 bits per heavy atom. The lowest BCUT2D eigenvalue weighted by molar-refractivity contribution is -0.128. The van der Waals surface area contributed by atoms with Gasteiger partial charge in [-0.2, -0.15) is 0 Å². The van der Waals surface area contributed by atoms with E-state index in [-0.39, 0.29) is 54.4 Å². The van der Waals surface area contributed by atoms with Crippen molar-refractivity contribution in [1.82, 2.24) is 29.3 Å². The third-order valence-electron chi connectivity index (χ3n) is 8.81. The number of aryl methyl sites for hydroxylation is 3. The Balaban J connectivity index is 1.07. The first-order valence-corrected chi connectivity index (χ1v) is 14.8. The SMILES string of the molecule is COC(=O)c1c(C)[nH]c2c1C13CC1CN(C(=O)CCNC(=O)c1cc(NC(=O)c4nc(NCC(C)=O)cn4C)cn1C)C3=CC2=O. The number of anilines is 2. The number of carbonyl (C=O) groups excluding carboxylic acids is 6. The molecule has 15 nitrogen and oxygen atoms in total. The number of esters is 1. The summed E-state index contributed by atoms with van der Waals surface area (Å²) in [5.74, 6) is -1.51. The minimum absolute atomic E-state index is 0.00385. The number of aromatic nitrogens is 4. The highest BCUT2D eigenvalue weighted by molar-refractivity contribution is 6.11. The molecular formula is C31H34N8O7. The molecule has 3 aromatic heterocycles. The van der Waals surface area contributed by atoms with Crippen molar-refractivity contribution < 1.29 is 33.5 Å². The highest BCUT2D eigenvalue weighted by atomic mass is 16.5. The van der Waals surface area contributed by atoms with Crippen LogP contribution in [0.15, 0.2) is 30.2 Å². The number of rotatable bonds is 10. The van der Waals surface area contributed by atoms with Gasteiger partial charge in [-0.3, -0.25) is 24.0 Å². The Morgan fingerprint density at radius 1 is 1.13 bits per heavy atom. The summed E-state index contributed by atoms with van der Waals surface area (Å²) in [5.41, 5.74) is 2.54. The zero-order chi connectivity index (χ0) is 33.1. The average Bonchev–Trinajstić information content (AvgIpc) is 3.33. The summed E-state index contributed by atoms with van der Waals surface area (Å²) in [6.45, 7) is 3.72. The quantitative estimate of drug-likeness (QED) is 0.240. The van der Waals surface area contributed by atoms with Crippen molar-refractivity contribution in [2.45, 2.75) is 32.1 Å². The molecule has 3 amide bonds. The van der Waals surface area contributed by atoms with Gasteiger partial charge in [-0.25, -0.2) is 9.78 Å². The number of likely N-dealkylation sites (tertiary alicyclic amines) is 1. The zero-order valence-corrected chi connectivity index (χ0v) is 26.1. The predicted octanol–water partition coefficient (Wildman–Crippen LogP) is 1.44. The highest BCUT2D eigenvalue weighted by Gasteiger charge is 2.68. The zero-order valence-electron chi connectivity index (χ0n) is 26.1. The van der Waals surface area contributed by atoms with Crippen molar-refractivity contribution >= 4 is 46.8 Å². The first-order chi connectivity index (χ1) is 21.8. The van der Waals surface area contributed by atoms with E-state index in [1.165, 1.54) is 30.7 Å². The van der Waals surface area contributed by atoms with E-state index in [2.05, 4.69) is 25.9 Å². The minimum Gasteiger partial charge on any atom is -0.465 e. The van der Waals surface area contributed by atoms with E-state index in [9.17, 15) is 28.8 Å². The van der Waals surface area contributed by atoms with Crippen LogP contribution in [0.2, 0.25) is 0 Å². The molecule has 0 bridgehead atoms. The maximum Gasteiger partial charge on any atom is 0.340 e. The third kappa shape index (κ3) is 4.97. The molecular weight excluding hydrogens is 596 g/mol. The second-order valence-corrected chi connectivity index (χ2v) is 11.9. The third-order valence-corrected chi connectivity index (χ3v) is 8.81. The van der Waals surface area contributed by atoms with Gasteiger partial charge in [0, 0.05) is 74.4 Å². The van der Waals surface area contributed by atoms with Gasteiger partial charge in [-0.05, 0) is 32.3 Å². The molecule has 46 heavy (non-hydrogen) atoms. The van der Waals surface area contributed by atoms with Gasteiger partial charge in [-0.1, -0.05) is 0 Å². The second kappa shape index (κ2) is 11.2. The van der Waals surface area contributed by atoms with E-state index in [4.69, 9.17) is 4.74 Å². The molecule has 240 valence electrons. The lowest BCUT2D eigenvalue weighted by Gasteiger charge is -2.28. The van der Waals surface area contributed by atoms with Gasteiger partial charge >= 0.3 is 5.97 Å². The van der Waals surface area contributed by atoms with E-state index in [0.717, 1.165) is 6.42 Å². The summed E-state index contributed by atoms with van der Waals surface area (Å²) in [4.78, 5) is 84.9. The maximum atomic E-state index is 13.4. The highest BCUT2D eigenvalue weighted by Crippen LogP contribution is 2.67. The number of H-pyrrole nitrogens is 1. The second-order valence-electron chi connectivity index (χ2n) is 11.9. The number of ketones is 2. The van der Waals surface area contributed by atoms with Gasteiger partial charge in [0.05, 0.1) is 30.6 Å². The van der Waals surface area contributed by atoms with E-state index < -0.39 is 23.2 Å². The number of methoxy groups -OCH3 is 1. The summed E-state index contributed by atoms with van der Waals surface area (Å²) in [6, 6.07) is 1.51. The molecule has 15 heteroatoms. The number of amides is 3. The number of Topliss-reactive ketones (excluding diaryl/α,β-unsaturated/α-hetero) is 1. The molecule has 2 fully saturated rings. The van der Waals surface area contributed by atoms with Crippen molar-refractivity contribution in [3.63, 3.8) is 0 Å². The molecule has 3 aromatic rings. The van der Waals surface area contributed by atoms with Crippen LogP contribution in [0, 0.1) is 12.8 Å². The van der Waals surface area contributed by atoms with Crippen LogP contribution in [0.1, 0.15) is 73.0 Å². The lowest BCUT2D eigenvalue weighted by atomic mass is 9.82. The number of allylic oxidation sites excluding steroid dienone is 2. The molecule has 2 atom stereocenters. The van der Waals surface area contributed by atoms with Crippen LogP contribution in [0.3, 0.4) is 0 Å². The Bertz CT molecular complexity index is 1880. The van der Waals surface area contributed by atoms with Crippen molar-refractivity contribution in [3.8, 4) is 0 Å². The summed E-state index contributed by atoms with van der Waals surface area (Å²) in [7, 11) is 4.60. The Morgan fingerprint density at radius 2 is 1.89 bits per heavy atom. The van der Waals surface area contributed by atoms with E-state index in [0.29, 0.717) is 46.3 Å². The molecule has 2 unspecified atom stereocenters. The maximum absolute atomic E-state index is 13.4. The average molecular weight is 631 g/mol. The van der Waals surface area contributed by atoms with Crippen LogP contribution in [0.5, 0.6) is 0 Å². The number of aromatic amines is 1. The molecule has 4 N–H and O–H groups in total. The number of hydrogen-bond acceptors (Lipinski definition) is 9. The van der Waals surface area contributed by atoms with Crippen molar-refractivity contribution in [2.75, 3.05) is 37.4 Å². The van der Waals surface area contributed by atoms with Crippen LogP contribution >= 0.6 is 0 Å². The molecule has 4 heterocycles. The molecule has 0 radical (unpaired) electrons. The molecule has 1 saturated heterocycles. The van der Waals surface area contributed by atoms with Crippen LogP contribution in [-0.4, -0.2) is 86.0 Å². The number of carbonyl (C=O) groups is 6. The Labute approximate surface area is 263 Å². The van der Waals surface area contributed by atoms with Crippen LogP contribution < -0.4 is 16.0 Å². The number of hydrogen-bond donors (Lipinski definition) is 4. The molecule has 1 saturated carbocycles. The van der Waals surface area contributed by atoms with Crippen LogP contribution in [0.25, 0.3) is 0 Å². The summed E-state index contributed by atoms with van der Waals surface area (Å²) < 4.78 is 8.07. The minimum atomic E-state index is -0.581. The fourth-order valence-electron chi connectivity index (χ4n) is 6.64. The molecule has 6 rings (SSSR count).